The van der Waals surface area contributed by atoms with Crippen molar-refractivity contribution in [2.45, 2.75) is 26.7 Å². The topological polar surface area (TPSA) is 72.4 Å². The van der Waals surface area contributed by atoms with Crippen LogP contribution in [-0.4, -0.2) is 27.0 Å². The Balaban J connectivity index is 1.57. The van der Waals surface area contributed by atoms with Crippen molar-refractivity contribution in [3.8, 4) is 0 Å². The average Bonchev–Trinajstić information content (AvgIpc) is 3.26. The van der Waals surface area contributed by atoms with Gasteiger partial charge >= 0.3 is 0 Å². The quantitative estimate of drug-likeness (QED) is 0.527. The van der Waals surface area contributed by atoms with Crippen LogP contribution in [0.25, 0.3) is 16.6 Å². The first-order valence-electron chi connectivity index (χ1n) is 8.76. The molecule has 0 unspecified atom stereocenters. The molecule has 0 saturated carbocycles. The first-order valence-corrected chi connectivity index (χ1v) is 9.55. The highest BCUT2D eigenvalue weighted by atomic mass is 79.9. The summed E-state index contributed by atoms with van der Waals surface area (Å²) in [6.07, 6.45) is 2.59. The summed E-state index contributed by atoms with van der Waals surface area (Å²) in [5, 5.41) is 8.60. The Labute approximate surface area is 164 Å². The van der Waals surface area contributed by atoms with Gasteiger partial charge in [-0.15, -0.1) is 0 Å². The molecule has 138 valence electrons. The van der Waals surface area contributed by atoms with Gasteiger partial charge in [0, 0.05) is 39.8 Å². The highest BCUT2D eigenvalue weighted by Crippen LogP contribution is 2.25. The van der Waals surface area contributed by atoms with Crippen molar-refractivity contribution >= 4 is 38.4 Å². The van der Waals surface area contributed by atoms with E-state index < -0.39 is 0 Å². The number of rotatable bonds is 5. The monoisotopic (exact) mass is 426 g/mol. The minimum atomic E-state index is -0.0339. The molecular weight excluding hydrogens is 408 g/mol. The molecule has 1 aromatic carbocycles. The van der Waals surface area contributed by atoms with E-state index in [1.165, 1.54) is 0 Å². The number of hydrogen-bond acceptors (Lipinski definition) is 4. The molecule has 0 saturated heterocycles. The number of carbonyl (C=O) groups is 1. The molecule has 1 amide bonds. The molecular formula is C20H19BrN4O2. The number of amides is 1. The maximum atomic E-state index is 12.4. The van der Waals surface area contributed by atoms with Crippen LogP contribution >= 0.6 is 15.9 Å². The Bertz CT molecular complexity index is 1130. The van der Waals surface area contributed by atoms with Gasteiger partial charge < -0.3 is 9.73 Å². The minimum absolute atomic E-state index is 0.0339. The second kappa shape index (κ2) is 7.15. The van der Waals surface area contributed by atoms with Gasteiger partial charge in [0.2, 0.25) is 5.91 Å². The van der Waals surface area contributed by atoms with Crippen molar-refractivity contribution in [2.24, 2.45) is 0 Å². The summed E-state index contributed by atoms with van der Waals surface area (Å²) in [4.78, 5) is 17.1. The van der Waals surface area contributed by atoms with E-state index in [0.717, 1.165) is 43.7 Å². The smallest absolute Gasteiger partial charge is 0.224 e. The summed E-state index contributed by atoms with van der Waals surface area (Å²) >= 11 is 3.48. The maximum Gasteiger partial charge on any atom is 0.224 e. The maximum absolute atomic E-state index is 12.4. The van der Waals surface area contributed by atoms with E-state index in [0.29, 0.717) is 13.0 Å². The molecule has 0 spiro atoms. The van der Waals surface area contributed by atoms with E-state index in [4.69, 9.17) is 9.40 Å². The molecule has 0 radical (unpaired) electrons. The largest absolute Gasteiger partial charge is 0.469 e. The van der Waals surface area contributed by atoms with Crippen molar-refractivity contribution in [1.82, 2.24) is 19.9 Å². The lowest BCUT2D eigenvalue weighted by Crippen LogP contribution is -2.28. The second-order valence-corrected chi connectivity index (χ2v) is 7.43. The lowest BCUT2D eigenvalue weighted by molar-refractivity contribution is -0.120. The van der Waals surface area contributed by atoms with Crippen molar-refractivity contribution in [3.05, 3.63) is 63.8 Å². The summed E-state index contributed by atoms with van der Waals surface area (Å²) in [5.41, 5.74) is 4.38. The van der Waals surface area contributed by atoms with Crippen LogP contribution in [-0.2, 0) is 17.6 Å². The SMILES string of the molecule is Cc1nc2c3ccc(Br)cc3nn2c(C)c1CC(=O)NCCc1ccco1. The molecule has 4 aromatic rings. The van der Waals surface area contributed by atoms with E-state index in [1.54, 1.807) is 6.26 Å². The van der Waals surface area contributed by atoms with Crippen LogP contribution in [0.3, 0.4) is 0 Å². The third kappa shape index (κ3) is 3.47. The highest BCUT2D eigenvalue weighted by molar-refractivity contribution is 9.10. The molecule has 3 heterocycles. The molecule has 0 aliphatic heterocycles. The van der Waals surface area contributed by atoms with Gasteiger partial charge in [-0.05, 0) is 44.2 Å². The average molecular weight is 427 g/mol. The zero-order valence-electron chi connectivity index (χ0n) is 15.1. The molecule has 6 nitrogen and oxygen atoms in total. The molecule has 7 heteroatoms. The number of aromatic nitrogens is 3. The van der Waals surface area contributed by atoms with Gasteiger partial charge in [0.05, 0.1) is 18.2 Å². The van der Waals surface area contributed by atoms with Gasteiger partial charge in [0.15, 0.2) is 5.65 Å². The van der Waals surface area contributed by atoms with Crippen LogP contribution in [0.2, 0.25) is 0 Å². The lowest BCUT2D eigenvalue weighted by atomic mass is 10.1. The van der Waals surface area contributed by atoms with E-state index >= 15 is 0 Å². The first-order chi connectivity index (χ1) is 13.0. The fraction of sp³-hybridized carbons (Fsp3) is 0.250. The molecule has 27 heavy (non-hydrogen) atoms. The summed E-state index contributed by atoms with van der Waals surface area (Å²) in [5.74, 6) is 0.827. The van der Waals surface area contributed by atoms with Crippen molar-refractivity contribution in [1.29, 1.82) is 0 Å². The van der Waals surface area contributed by atoms with Gasteiger partial charge in [-0.25, -0.2) is 9.50 Å². The molecule has 4 rings (SSSR count). The van der Waals surface area contributed by atoms with Crippen LogP contribution < -0.4 is 5.32 Å². The molecule has 0 aliphatic rings. The van der Waals surface area contributed by atoms with Crippen molar-refractivity contribution in [2.75, 3.05) is 6.54 Å². The van der Waals surface area contributed by atoms with Gasteiger partial charge in [-0.2, -0.15) is 5.10 Å². The molecule has 1 N–H and O–H groups in total. The van der Waals surface area contributed by atoms with Gasteiger partial charge in [-0.1, -0.05) is 15.9 Å². The Morgan fingerprint density at radius 2 is 2.15 bits per heavy atom. The zero-order chi connectivity index (χ0) is 19.0. The van der Waals surface area contributed by atoms with Crippen LogP contribution in [0.4, 0.5) is 0 Å². The van der Waals surface area contributed by atoms with Crippen LogP contribution in [0.1, 0.15) is 22.7 Å². The molecule has 0 fully saturated rings. The number of halogens is 1. The molecule has 3 aromatic heterocycles. The van der Waals surface area contributed by atoms with E-state index in [-0.39, 0.29) is 12.3 Å². The first kappa shape index (κ1) is 17.7. The Hall–Kier alpha value is -2.67. The summed E-state index contributed by atoms with van der Waals surface area (Å²) in [6.45, 7) is 4.46. The fourth-order valence-electron chi connectivity index (χ4n) is 3.26. The number of nitrogens with one attached hydrogen (secondary N) is 1. The third-order valence-corrected chi connectivity index (χ3v) is 5.18. The third-order valence-electron chi connectivity index (χ3n) is 4.68. The summed E-state index contributed by atoms with van der Waals surface area (Å²) < 4.78 is 8.09. The molecule has 0 atom stereocenters. The van der Waals surface area contributed by atoms with Crippen LogP contribution in [0.15, 0.2) is 45.5 Å². The van der Waals surface area contributed by atoms with Gasteiger partial charge in [0.25, 0.3) is 0 Å². The van der Waals surface area contributed by atoms with Crippen LogP contribution in [0.5, 0.6) is 0 Å². The Morgan fingerprint density at radius 1 is 1.30 bits per heavy atom. The fourth-order valence-corrected chi connectivity index (χ4v) is 3.61. The van der Waals surface area contributed by atoms with E-state index in [2.05, 4.69) is 26.3 Å². The number of benzene rings is 1. The van der Waals surface area contributed by atoms with E-state index in [9.17, 15) is 4.79 Å². The number of fused-ring (bicyclic) bond motifs is 3. The van der Waals surface area contributed by atoms with Gasteiger partial charge in [0.1, 0.15) is 5.76 Å². The normalized spacial score (nSPS) is 11.4. The molecule has 0 aliphatic carbocycles. The summed E-state index contributed by atoms with van der Waals surface area (Å²) in [6, 6.07) is 9.71. The molecule has 0 bridgehead atoms. The number of nitrogens with zero attached hydrogens (tertiary/aromatic N) is 3. The Morgan fingerprint density at radius 3 is 2.93 bits per heavy atom. The van der Waals surface area contributed by atoms with Gasteiger partial charge in [-0.3, -0.25) is 4.79 Å². The number of aryl methyl sites for hydroxylation is 2. The van der Waals surface area contributed by atoms with Crippen LogP contribution in [0, 0.1) is 13.8 Å². The van der Waals surface area contributed by atoms with E-state index in [1.807, 2.05) is 48.7 Å². The minimum Gasteiger partial charge on any atom is -0.469 e. The standard InChI is InChI=1S/C20H19BrN4O2/c1-12-17(11-19(26)22-8-7-15-4-3-9-27-15)13(2)25-20(23-12)16-6-5-14(21)10-18(16)24-25/h3-6,9-10H,7-8,11H2,1-2H3,(H,22,26). The number of hydrogen-bond donors (Lipinski definition) is 1. The lowest BCUT2D eigenvalue weighted by Gasteiger charge is -2.11. The predicted molar refractivity (Wildman–Crippen MR) is 107 cm³/mol. The zero-order valence-corrected chi connectivity index (χ0v) is 16.7. The number of carbonyl (C=O) groups excluding carboxylic acids is 1. The highest BCUT2D eigenvalue weighted by Gasteiger charge is 2.16. The van der Waals surface area contributed by atoms with Crippen molar-refractivity contribution in [3.63, 3.8) is 0 Å². The number of furan rings is 1. The predicted octanol–water partition coefficient (Wildman–Crippen LogP) is 3.76. The van der Waals surface area contributed by atoms with Crippen molar-refractivity contribution < 1.29 is 9.21 Å². The summed E-state index contributed by atoms with van der Waals surface area (Å²) in [7, 11) is 0. The second-order valence-electron chi connectivity index (χ2n) is 6.51. The Kier molecular flexibility index (Phi) is 4.70.